The molecule has 2 atom stereocenters. The number of amides is 1. The Bertz CT molecular complexity index is 977. The molecule has 1 aromatic heterocycles. The van der Waals surface area contributed by atoms with E-state index < -0.39 is 11.0 Å². The van der Waals surface area contributed by atoms with Crippen LogP contribution in [0.15, 0.2) is 66.0 Å². The van der Waals surface area contributed by atoms with Crippen molar-refractivity contribution in [3.63, 3.8) is 0 Å². The second kappa shape index (κ2) is 9.31. The van der Waals surface area contributed by atoms with Crippen LogP contribution in [-0.2, 0) is 4.79 Å². The van der Waals surface area contributed by atoms with Gasteiger partial charge in [0.2, 0.25) is 0 Å². The Kier molecular flexibility index (Phi) is 6.58. The van der Waals surface area contributed by atoms with Crippen molar-refractivity contribution in [1.82, 2.24) is 0 Å². The summed E-state index contributed by atoms with van der Waals surface area (Å²) in [7, 11) is 1.41. The van der Waals surface area contributed by atoms with E-state index in [9.17, 15) is 14.9 Å². The maximum atomic E-state index is 12.8. The van der Waals surface area contributed by atoms with E-state index in [1.54, 1.807) is 11.3 Å². The number of nitrogens with two attached hydrogens (primary N) is 1. The average molecular weight is 412 g/mol. The number of quaternary nitrogens is 1. The third kappa shape index (κ3) is 4.98. The molecule has 7 nitrogen and oxygen atoms in total. The SMILES string of the molecule is COc1cc([N+](=O)[O-])ccc1NC(=O)[C@H](C)[NH2+][C@H](c1ccccc1)c1cccs1. The van der Waals surface area contributed by atoms with E-state index >= 15 is 0 Å². The number of rotatable bonds is 8. The number of nitro benzene ring substituents is 1. The minimum atomic E-state index is -0.504. The van der Waals surface area contributed by atoms with Crippen LogP contribution in [0.4, 0.5) is 11.4 Å². The van der Waals surface area contributed by atoms with Crippen LogP contribution < -0.4 is 15.4 Å². The molecule has 0 spiro atoms. The van der Waals surface area contributed by atoms with Gasteiger partial charge in [0.05, 0.1) is 28.7 Å². The highest BCUT2D eigenvalue weighted by atomic mass is 32.1. The van der Waals surface area contributed by atoms with Gasteiger partial charge in [-0.1, -0.05) is 36.4 Å². The summed E-state index contributed by atoms with van der Waals surface area (Å²) in [4.78, 5) is 24.4. The van der Waals surface area contributed by atoms with Gasteiger partial charge < -0.3 is 15.4 Å². The Balaban J connectivity index is 1.76. The van der Waals surface area contributed by atoms with Crippen LogP contribution in [0.2, 0.25) is 0 Å². The standard InChI is InChI=1S/C21H21N3O4S/c1-14(21(25)23-17-11-10-16(24(26)27)13-18(17)28-2)22-20(19-9-6-12-29-19)15-7-4-3-5-8-15/h3-14,20,22H,1-2H3,(H,23,25)/p+1/t14-,20+/m0/s1. The van der Waals surface area contributed by atoms with Crippen molar-refractivity contribution in [3.05, 3.63) is 86.6 Å². The number of hydrogen-bond acceptors (Lipinski definition) is 5. The molecule has 1 amide bonds. The minimum Gasteiger partial charge on any atom is -0.494 e. The molecule has 0 saturated heterocycles. The van der Waals surface area contributed by atoms with Crippen LogP contribution in [-0.4, -0.2) is 24.0 Å². The largest absolute Gasteiger partial charge is 0.494 e. The zero-order chi connectivity index (χ0) is 20.8. The third-order valence-corrected chi connectivity index (χ3v) is 5.51. The summed E-state index contributed by atoms with van der Waals surface area (Å²) in [5.41, 5.74) is 1.42. The number of nitro groups is 1. The molecule has 0 aliphatic rings. The molecule has 0 fully saturated rings. The number of methoxy groups -OCH3 is 1. The zero-order valence-electron chi connectivity index (χ0n) is 16.1. The summed E-state index contributed by atoms with van der Waals surface area (Å²) in [6.07, 6.45) is 0. The zero-order valence-corrected chi connectivity index (χ0v) is 16.9. The highest BCUT2D eigenvalue weighted by Crippen LogP contribution is 2.29. The smallest absolute Gasteiger partial charge is 0.282 e. The maximum Gasteiger partial charge on any atom is 0.282 e. The van der Waals surface area contributed by atoms with Gasteiger partial charge in [0.15, 0.2) is 6.04 Å². The first-order chi connectivity index (χ1) is 14.0. The molecule has 0 unspecified atom stereocenters. The summed E-state index contributed by atoms with van der Waals surface area (Å²) in [6, 6.07) is 17.8. The predicted octanol–water partition coefficient (Wildman–Crippen LogP) is 3.34. The second-order valence-electron chi connectivity index (χ2n) is 6.52. The van der Waals surface area contributed by atoms with Crippen molar-refractivity contribution in [3.8, 4) is 5.75 Å². The van der Waals surface area contributed by atoms with E-state index in [2.05, 4.69) is 11.4 Å². The lowest BCUT2D eigenvalue weighted by molar-refractivity contribution is -0.703. The molecule has 1 heterocycles. The molecule has 3 rings (SSSR count). The molecule has 0 aliphatic carbocycles. The van der Waals surface area contributed by atoms with Gasteiger partial charge in [0.25, 0.3) is 11.6 Å². The summed E-state index contributed by atoms with van der Waals surface area (Å²) >= 11 is 1.65. The van der Waals surface area contributed by atoms with Crippen molar-refractivity contribution in [2.45, 2.75) is 19.0 Å². The quantitative estimate of drug-likeness (QED) is 0.438. The predicted molar refractivity (Wildman–Crippen MR) is 112 cm³/mol. The van der Waals surface area contributed by atoms with Crippen molar-refractivity contribution >= 4 is 28.6 Å². The van der Waals surface area contributed by atoms with Gasteiger partial charge in [0.1, 0.15) is 11.8 Å². The highest BCUT2D eigenvalue weighted by molar-refractivity contribution is 7.10. The fourth-order valence-corrected chi connectivity index (χ4v) is 3.85. The van der Waals surface area contributed by atoms with Gasteiger partial charge in [-0.25, -0.2) is 0 Å². The lowest BCUT2D eigenvalue weighted by atomic mass is 10.0. The molecular weight excluding hydrogens is 390 g/mol. The Labute approximate surface area is 172 Å². The first-order valence-electron chi connectivity index (χ1n) is 9.06. The normalized spacial score (nSPS) is 12.8. The fraction of sp³-hybridized carbons (Fsp3) is 0.190. The van der Waals surface area contributed by atoms with Crippen LogP contribution in [0.25, 0.3) is 0 Å². The summed E-state index contributed by atoms with van der Waals surface area (Å²) in [5.74, 6) is 0.0345. The lowest BCUT2D eigenvalue weighted by Gasteiger charge is -2.20. The summed E-state index contributed by atoms with van der Waals surface area (Å²) in [6.45, 7) is 1.83. The number of nitrogens with one attached hydrogen (secondary N) is 1. The van der Waals surface area contributed by atoms with Crippen molar-refractivity contribution in [2.24, 2.45) is 0 Å². The Hall–Kier alpha value is -3.23. The summed E-state index contributed by atoms with van der Waals surface area (Å²) < 4.78 is 5.20. The Morgan fingerprint density at radius 1 is 1.17 bits per heavy atom. The van der Waals surface area contributed by atoms with Gasteiger partial charge in [-0.2, -0.15) is 0 Å². The lowest BCUT2D eigenvalue weighted by Crippen LogP contribution is -2.92. The van der Waals surface area contributed by atoms with Crippen LogP contribution >= 0.6 is 11.3 Å². The molecule has 3 aromatic rings. The number of non-ortho nitro benzene ring substituents is 1. The number of hydrogen-bond donors (Lipinski definition) is 2. The summed E-state index contributed by atoms with van der Waals surface area (Å²) in [5, 5.41) is 17.8. The number of carbonyl (C=O) groups is 1. The average Bonchev–Trinajstić information content (AvgIpc) is 3.27. The van der Waals surface area contributed by atoms with Crippen molar-refractivity contribution in [1.29, 1.82) is 0 Å². The van der Waals surface area contributed by atoms with Crippen molar-refractivity contribution < 1.29 is 19.8 Å². The van der Waals surface area contributed by atoms with Crippen LogP contribution in [0.1, 0.15) is 23.4 Å². The van der Waals surface area contributed by atoms with E-state index in [4.69, 9.17) is 4.74 Å². The van der Waals surface area contributed by atoms with E-state index in [0.717, 1.165) is 10.4 Å². The number of anilines is 1. The maximum absolute atomic E-state index is 12.8. The molecular formula is C21H22N3O4S+. The van der Waals surface area contributed by atoms with Gasteiger partial charge >= 0.3 is 0 Å². The monoisotopic (exact) mass is 412 g/mol. The molecule has 3 N–H and O–H groups in total. The number of nitrogens with zero attached hydrogens (tertiary/aromatic N) is 1. The van der Waals surface area contributed by atoms with Crippen LogP contribution in [0.3, 0.4) is 0 Å². The third-order valence-electron chi connectivity index (χ3n) is 4.56. The van der Waals surface area contributed by atoms with E-state index in [0.29, 0.717) is 5.69 Å². The topological polar surface area (TPSA) is 98.1 Å². The van der Waals surface area contributed by atoms with E-state index in [1.807, 2.05) is 54.0 Å². The molecule has 0 aliphatic heterocycles. The van der Waals surface area contributed by atoms with Gasteiger partial charge in [-0.15, -0.1) is 11.3 Å². The Morgan fingerprint density at radius 3 is 2.55 bits per heavy atom. The van der Waals surface area contributed by atoms with Crippen molar-refractivity contribution in [2.75, 3.05) is 12.4 Å². The van der Waals surface area contributed by atoms with Gasteiger partial charge in [-0.3, -0.25) is 14.9 Å². The fourth-order valence-electron chi connectivity index (χ4n) is 3.02. The Morgan fingerprint density at radius 2 is 1.93 bits per heavy atom. The number of ether oxygens (including phenoxy) is 1. The number of carbonyl (C=O) groups excluding carboxylic acids is 1. The minimum absolute atomic E-state index is 0.00398. The molecule has 29 heavy (non-hydrogen) atoms. The van der Waals surface area contributed by atoms with E-state index in [-0.39, 0.29) is 23.4 Å². The first kappa shape index (κ1) is 20.5. The molecule has 0 saturated carbocycles. The number of benzene rings is 2. The molecule has 0 radical (unpaired) electrons. The number of thiophene rings is 1. The molecule has 150 valence electrons. The highest BCUT2D eigenvalue weighted by Gasteiger charge is 2.26. The van der Waals surface area contributed by atoms with Gasteiger partial charge in [-0.05, 0) is 24.4 Å². The molecule has 8 heteroatoms. The van der Waals surface area contributed by atoms with Gasteiger partial charge in [0, 0.05) is 11.6 Å². The molecule has 0 bridgehead atoms. The second-order valence-corrected chi connectivity index (χ2v) is 7.50. The first-order valence-corrected chi connectivity index (χ1v) is 9.94. The molecule has 2 aromatic carbocycles. The van der Waals surface area contributed by atoms with Crippen LogP contribution in [0, 0.1) is 10.1 Å². The van der Waals surface area contributed by atoms with E-state index in [1.165, 1.54) is 25.3 Å². The van der Waals surface area contributed by atoms with Crippen LogP contribution in [0.5, 0.6) is 5.75 Å².